The topological polar surface area (TPSA) is 18.5 Å². The number of ether oxygens (including phenoxy) is 2. The molecule has 0 unspecified atom stereocenters. The predicted octanol–water partition coefficient (Wildman–Crippen LogP) is 2.02. The summed E-state index contributed by atoms with van der Waals surface area (Å²) >= 11 is 0. The molecule has 0 bridgehead atoms. The Morgan fingerprint density at radius 3 is 2.77 bits per heavy atom. The lowest BCUT2D eigenvalue weighted by Crippen LogP contribution is -1.96. The van der Waals surface area contributed by atoms with Crippen molar-refractivity contribution in [1.82, 2.24) is 0 Å². The van der Waals surface area contributed by atoms with Crippen molar-refractivity contribution in [2.24, 2.45) is 0 Å². The summed E-state index contributed by atoms with van der Waals surface area (Å²) in [7, 11) is 1.60. The molecule has 0 aliphatic carbocycles. The Balaban J connectivity index is 2.89. The Hall–Kier alpha value is -1.62. The lowest BCUT2D eigenvalue weighted by molar-refractivity contribution is 0.331. The third kappa shape index (κ3) is 2.41. The van der Waals surface area contributed by atoms with Crippen molar-refractivity contribution >= 4 is 0 Å². The van der Waals surface area contributed by atoms with Gasteiger partial charge in [0.05, 0.1) is 7.11 Å². The number of aryl methyl sites for hydroxylation is 1. The fourth-order valence-electron chi connectivity index (χ4n) is 1.02. The van der Waals surface area contributed by atoms with Crippen LogP contribution in [0.2, 0.25) is 0 Å². The van der Waals surface area contributed by atoms with E-state index in [-0.39, 0.29) is 6.61 Å². The average molecular weight is 176 g/mol. The van der Waals surface area contributed by atoms with Crippen LogP contribution >= 0.6 is 0 Å². The predicted molar refractivity (Wildman–Crippen MR) is 52.1 cm³/mol. The van der Waals surface area contributed by atoms with Crippen LogP contribution in [0.25, 0.3) is 0 Å². The Bertz CT molecular complexity index is 323. The van der Waals surface area contributed by atoms with Crippen LogP contribution in [-0.2, 0) is 0 Å². The minimum atomic E-state index is 0.264. The number of hydrogen-bond acceptors (Lipinski definition) is 2. The van der Waals surface area contributed by atoms with Crippen molar-refractivity contribution in [1.29, 1.82) is 0 Å². The molecule has 13 heavy (non-hydrogen) atoms. The molecule has 1 rings (SSSR count). The second-order valence-electron chi connectivity index (χ2n) is 2.65. The van der Waals surface area contributed by atoms with Crippen molar-refractivity contribution in [2.75, 3.05) is 13.7 Å². The molecule has 0 spiro atoms. The van der Waals surface area contributed by atoms with E-state index in [2.05, 4.69) is 5.92 Å². The van der Waals surface area contributed by atoms with Gasteiger partial charge in [-0.15, -0.1) is 6.42 Å². The molecule has 1 aromatic carbocycles. The molecule has 0 heterocycles. The molecule has 0 radical (unpaired) electrons. The van der Waals surface area contributed by atoms with Crippen molar-refractivity contribution < 1.29 is 9.47 Å². The fourth-order valence-corrected chi connectivity index (χ4v) is 1.02. The van der Waals surface area contributed by atoms with Crippen molar-refractivity contribution in [3.8, 4) is 23.8 Å². The lowest BCUT2D eigenvalue weighted by atomic mass is 10.2. The largest absolute Gasteiger partial charge is 0.493 e. The minimum Gasteiger partial charge on any atom is -0.493 e. The molecule has 0 aromatic heterocycles. The molecular weight excluding hydrogens is 164 g/mol. The van der Waals surface area contributed by atoms with Gasteiger partial charge in [-0.1, -0.05) is 12.0 Å². The van der Waals surface area contributed by atoms with Crippen LogP contribution in [0.15, 0.2) is 18.2 Å². The van der Waals surface area contributed by atoms with Crippen LogP contribution in [0.4, 0.5) is 0 Å². The quantitative estimate of drug-likeness (QED) is 0.656. The van der Waals surface area contributed by atoms with Gasteiger partial charge in [-0.3, -0.25) is 0 Å². The summed E-state index contributed by atoms with van der Waals surface area (Å²) in [6.07, 6.45) is 5.09. The first-order valence-electron chi connectivity index (χ1n) is 3.99. The van der Waals surface area contributed by atoms with Crippen LogP contribution in [0, 0.1) is 19.3 Å². The molecule has 1 aromatic rings. The molecule has 0 saturated heterocycles. The smallest absolute Gasteiger partial charge is 0.162 e. The van der Waals surface area contributed by atoms with Crippen molar-refractivity contribution in [3.05, 3.63) is 23.8 Å². The monoisotopic (exact) mass is 176 g/mol. The number of terminal acetylenes is 1. The lowest BCUT2D eigenvalue weighted by Gasteiger charge is -2.08. The normalized spacial score (nSPS) is 9.00. The third-order valence-corrected chi connectivity index (χ3v) is 1.63. The maximum Gasteiger partial charge on any atom is 0.162 e. The number of methoxy groups -OCH3 is 1. The zero-order valence-electron chi connectivity index (χ0n) is 7.83. The van der Waals surface area contributed by atoms with Gasteiger partial charge in [0.2, 0.25) is 0 Å². The SMILES string of the molecule is C#CCOc1cc(C)ccc1OC. The third-order valence-electron chi connectivity index (χ3n) is 1.63. The van der Waals surface area contributed by atoms with Crippen LogP contribution in [0.1, 0.15) is 5.56 Å². The number of hydrogen-bond donors (Lipinski definition) is 0. The first-order chi connectivity index (χ1) is 6.27. The molecule has 2 nitrogen and oxygen atoms in total. The molecule has 0 aliphatic rings. The summed E-state index contributed by atoms with van der Waals surface area (Å²) in [5.74, 6) is 3.81. The van der Waals surface area contributed by atoms with Gasteiger partial charge in [-0.05, 0) is 24.6 Å². The highest BCUT2D eigenvalue weighted by Crippen LogP contribution is 2.27. The second-order valence-corrected chi connectivity index (χ2v) is 2.65. The Morgan fingerprint density at radius 2 is 2.15 bits per heavy atom. The van der Waals surface area contributed by atoms with Gasteiger partial charge in [0.1, 0.15) is 6.61 Å². The van der Waals surface area contributed by atoms with Gasteiger partial charge < -0.3 is 9.47 Å². The van der Waals surface area contributed by atoms with Gasteiger partial charge in [0.25, 0.3) is 0 Å². The van der Waals surface area contributed by atoms with Gasteiger partial charge >= 0.3 is 0 Å². The highest BCUT2D eigenvalue weighted by molar-refractivity contribution is 5.42. The molecule has 0 aliphatic heterocycles. The van der Waals surface area contributed by atoms with Crippen LogP contribution in [0.3, 0.4) is 0 Å². The molecule has 0 amide bonds. The summed E-state index contributed by atoms with van der Waals surface area (Å²) in [5, 5.41) is 0. The first kappa shape index (κ1) is 9.47. The molecule has 0 fully saturated rings. The highest BCUT2D eigenvalue weighted by Gasteiger charge is 2.02. The van der Waals surface area contributed by atoms with E-state index >= 15 is 0 Å². The maximum absolute atomic E-state index is 5.30. The molecule has 2 heteroatoms. The van der Waals surface area contributed by atoms with E-state index in [1.54, 1.807) is 7.11 Å². The van der Waals surface area contributed by atoms with Gasteiger partial charge in [0.15, 0.2) is 11.5 Å². The second kappa shape index (κ2) is 4.42. The van der Waals surface area contributed by atoms with Crippen LogP contribution in [-0.4, -0.2) is 13.7 Å². The standard InChI is InChI=1S/C11H12O2/c1-4-7-13-11-8-9(2)5-6-10(11)12-3/h1,5-6,8H,7H2,2-3H3. The van der Waals surface area contributed by atoms with E-state index in [9.17, 15) is 0 Å². The van der Waals surface area contributed by atoms with E-state index in [1.807, 2.05) is 25.1 Å². The van der Waals surface area contributed by atoms with Crippen LogP contribution in [0.5, 0.6) is 11.5 Å². The molecule has 0 N–H and O–H groups in total. The number of rotatable bonds is 3. The summed E-state index contributed by atoms with van der Waals surface area (Å²) < 4.78 is 10.4. The summed E-state index contributed by atoms with van der Waals surface area (Å²) in [4.78, 5) is 0. The Labute approximate surface area is 78.5 Å². The fraction of sp³-hybridized carbons (Fsp3) is 0.273. The maximum atomic E-state index is 5.30. The van der Waals surface area contributed by atoms with E-state index < -0.39 is 0 Å². The summed E-state index contributed by atoms with van der Waals surface area (Å²) in [5.41, 5.74) is 1.12. The van der Waals surface area contributed by atoms with E-state index in [4.69, 9.17) is 15.9 Å². The van der Waals surface area contributed by atoms with E-state index in [1.165, 1.54) is 0 Å². The zero-order valence-corrected chi connectivity index (χ0v) is 7.83. The van der Waals surface area contributed by atoms with E-state index in [0.29, 0.717) is 11.5 Å². The first-order valence-corrected chi connectivity index (χ1v) is 3.99. The summed E-state index contributed by atoms with van der Waals surface area (Å²) in [6, 6.07) is 5.72. The molecular formula is C11H12O2. The van der Waals surface area contributed by atoms with Gasteiger partial charge in [-0.2, -0.15) is 0 Å². The Morgan fingerprint density at radius 1 is 1.38 bits per heavy atom. The molecule has 0 saturated carbocycles. The average Bonchev–Trinajstić information content (AvgIpc) is 2.15. The zero-order chi connectivity index (χ0) is 9.68. The minimum absolute atomic E-state index is 0.264. The highest BCUT2D eigenvalue weighted by atomic mass is 16.5. The van der Waals surface area contributed by atoms with Gasteiger partial charge in [0, 0.05) is 0 Å². The van der Waals surface area contributed by atoms with E-state index in [0.717, 1.165) is 5.56 Å². The van der Waals surface area contributed by atoms with Gasteiger partial charge in [-0.25, -0.2) is 0 Å². The number of benzene rings is 1. The molecule has 0 atom stereocenters. The van der Waals surface area contributed by atoms with Crippen molar-refractivity contribution in [2.45, 2.75) is 6.92 Å². The summed E-state index contributed by atoms with van der Waals surface area (Å²) in [6.45, 7) is 2.25. The van der Waals surface area contributed by atoms with Crippen LogP contribution < -0.4 is 9.47 Å². The van der Waals surface area contributed by atoms with Crippen molar-refractivity contribution in [3.63, 3.8) is 0 Å². The Kier molecular flexibility index (Phi) is 3.22. The molecule has 68 valence electrons.